The first kappa shape index (κ1) is 15.4. The Morgan fingerprint density at radius 1 is 1.45 bits per heavy atom. The third kappa shape index (κ3) is 4.26. The topological polar surface area (TPSA) is 52.9 Å². The van der Waals surface area contributed by atoms with Crippen LogP contribution in [-0.2, 0) is 4.79 Å². The number of hydrogen-bond donors (Lipinski definition) is 1. The van der Waals surface area contributed by atoms with Crippen LogP contribution in [0.5, 0.6) is 0 Å². The highest BCUT2D eigenvalue weighted by molar-refractivity contribution is 9.10. The van der Waals surface area contributed by atoms with Gasteiger partial charge in [0, 0.05) is 4.47 Å². The summed E-state index contributed by atoms with van der Waals surface area (Å²) in [4.78, 5) is 12.0. The fraction of sp³-hybridized carbons (Fsp3) is 0.467. The van der Waals surface area contributed by atoms with Crippen molar-refractivity contribution in [2.24, 2.45) is 5.92 Å². The van der Waals surface area contributed by atoms with E-state index in [-0.39, 0.29) is 11.9 Å². The zero-order chi connectivity index (χ0) is 14.4. The molecule has 0 heterocycles. The quantitative estimate of drug-likeness (QED) is 0.794. The van der Waals surface area contributed by atoms with Gasteiger partial charge in [0.25, 0.3) is 0 Å². The fourth-order valence-electron chi connectivity index (χ4n) is 2.32. The number of nitrogens with zero attached hydrogens (tertiary/aromatic N) is 1. The van der Waals surface area contributed by atoms with Crippen LogP contribution in [0.4, 0.5) is 0 Å². The fourth-order valence-corrected chi connectivity index (χ4v) is 3.05. The van der Waals surface area contributed by atoms with Crippen LogP contribution < -0.4 is 5.32 Å². The van der Waals surface area contributed by atoms with Crippen LogP contribution in [0.2, 0.25) is 0 Å². The SMILES string of the molecule is N#CCSCC(=O)N[C@@H](c1ccc(Br)cc1)C1CCC1. The van der Waals surface area contributed by atoms with Gasteiger partial charge in [-0.05, 0) is 36.5 Å². The molecule has 1 saturated carbocycles. The lowest BCUT2D eigenvalue weighted by Gasteiger charge is -2.34. The minimum atomic E-state index is 0.0186. The Bertz CT molecular complexity index is 494. The molecule has 1 N–H and O–H groups in total. The van der Waals surface area contributed by atoms with E-state index >= 15 is 0 Å². The van der Waals surface area contributed by atoms with E-state index in [1.807, 2.05) is 18.2 Å². The molecule has 0 radical (unpaired) electrons. The molecule has 0 unspecified atom stereocenters. The number of carbonyl (C=O) groups is 1. The van der Waals surface area contributed by atoms with Crippen LogP contribution in [0.25, 0.3) is 0 Å². The van der Waals surface area contributed by atoms with Gasteiger partial charge in [-0.3, -0.25) is 4.79 Å². The Hall–Kier alpha value is -0.990. The van der Waals surface area contributed by atoms with Crippen molar-refractivity contribution >= 4 is 33.6 Å². The van der Waals surface area contributed by atoms with Crippen LogP contribution in [-0.4, -0.2) is 17.4 Å². The summed E-state index contributed by atoms with van der Waals surface area (Å²) in [6.45, 7) is 0. The van der Waals surface area contributed by atoms with Crippen LogP contribution in [0, 0.1) is 17.2 Å². The Labute approximate surface area is 132 Å². The molecule has 1 atom stereocenters. The van der Waals surface area contributed by atoms with E-state index in [9.17, 15) is 4.79 Å². The molecule has 1 amide bonds. The van der Waals surface area contributed by atoms with E-state index in [0.717, 1.165) is 10.0 Å². The van der Waals surface area contributed by atoms with Gasteiger partial charge in [-0.25, -0.2) is 0 Å². The summed E-state index contributed by atoms with van der Waals surface area (Å²) < 4.78 is 1.05. The maximum Gasteiger partial charge on any atom is 0.230 e. The van der Waals surface area contributed by atoms with Gasteiger partial charge in [0.1, 0.15) is 0 Å². The summed E-state index contributed by atoms with van der Waals surface area (Å²) in [6.07, 6.45) is 3.59. The van der Waals surface area contributed by atoms with Gasteiger partial charge in [0.2, 0.25) is 5.91 Å². The molecule has 0 aliphatic heterocycles. The van der Waals surface area contributed by atoms with E-state index in [1.54, 1.807) is 0 Å². The Balaban J connectivity index is 1.99. The van der Waals surface area contributed by atoms with Crippen molar-refractivity contribution in [3.8, 4) is 6.07 Å². The molecule has 0 bridgehead atoms. The number of hydrogen-bond acceptors (Lipinski definition) is 3. The summed E-state index contributed by atoms with van der Waals surface area (Å²) >= 11 is 4.79. The minimum Gasteiger partial charge on any atom is -0.348 e. The van der Waals surface area contributed by atoms with Crippen molar-refractivity contribution in [2.75, 3.05) is 11.5 Å². The van der Waals surface area contributed by atoms with Gasteiger partial charge in [-0.2, -0.15) is 5.26 Å². The first-order valence-electron chi connectivity index (χ1n) is 6.70. The van der Waals surface area contributed by atoms with Crippen molar-refractivity contribution in [3.05, 3.63) is 34.3 Å². The lowest BCUT2D eigenvalue weighted by atomic mass is 9.77. The van der Waals surface area contributed by atoms with E-state index in [4.69, 9.17) is 5.26 Å². The second-order valence-corrected chi connectivity index (χ2v) is 6.84. The summed E-state index contributed by atoms with van der Waals surface area (Å²) in [5.74, 6) is 1.28. The molecule has 1 aliphatic rings. The second-order valence-electron chi connectivity index (χ2n) is 4.94. The molecule has 20 heavy (non-hydrogen) atoms. The van der Waals surface area contributed by atoms with E-state index in [2.05, 4.69) is 33.4 Å². The van der Waals surface area contributed by atoms with Gasteiger partial charge in [-0.15, -0.1) is 11.8 Å². The van der Waals surface area contributed by atoms with Crippen LogP contribution in [0.3, 0.4) is 0 Å². The number of halogens is 1. The number of nitriles is 1. The highest BCUT2D eigenvalue weighted by atomic mass is 79.9. The minimum absolute atomic E-state index is 0.0186. The number of thioether (sulfide) groups is 1. The first-order chi connectivity index (χ1) is 9.70. The lowest BCUT2D eigenvalue weighted by molar-refractivity contribution is -0.119. The number of amides is 1. The molecule has 106 valence electrons. The van der Waals surface area contributed by atoms with E-state index in [1.165, 1.54) is 31.0 Å². The Kier molecular flexibility index (Phi) is 5.93. The normalized spacial score (nSPS) is 16.0. The average Bonchev–Trinajstić information content (AvgIpc) is 2.37. The highest BCUT2D eigenvalue weighted by Crippen LogP contribution is 2.38. The van der Waals surface area contributed by atoms with Crippen molar-refractivity contribution in [3.63, 3.8) is 0 Å². The standard InChI is InChI=1S/C15H17BrN2OS/c16-13-6-4-12(5-7-13)15(11-2-1-3-11)18-14(19)10-20-9-8-17/h4-7,11,15H,1-3,9-10H2,(H,18,19)/t15-/m1/s1. The predicted molar refractivity (Wildman–Crippen MR) is 85.3 cm³/mol. The summed E-state index contributed by atoms with van der Waals surface area (Å²) in [5.41, 5.74) is 1.16. The van der Waals surface area contributed by atoms with Gasteiger partial charge >= 0.3 is 0 Å². The van der Waals surface area contributed by atoms with E-state index < -0.39 is 0 Å². The molecular formula is C15H17BrN2OS. The van der Waals surface area contributed by atoms with Crippen molar-refractivity contribution in [1.82, 2.24) is 5.32 Å². The predicted octanol–water partition coefficient (Wildman–Crippen LogP) is 3.66. The van der Waals surface area contributed by atoms with Gasteiger partial charge in [0.15, 0.2) is 0 Å². The highest BCUT2D eigenvalue weighted by Gasteiger charge is 2.29. The van der Waals surface area contributed by atoms with Crippen LogP contribution in [0.1, 0.15) is 30.9 Å². The van der Waals surface area contributed by atoms with E-state index in [0.29, 0.717) is 17.4 Å². The Morgan fingerprint density at radius 2 is 2.15 bits per heavy atom. The molecule has 1 fully saturated rings. The van der Waals surface area contributed by atoms with Crippen LogP contribution in [0.15, 0.2) is 28.7 Å². The molecule has 1 aromatic carbocycles. The largest absolute Gasteiger partial charge is 0.348 e. The summed E-state index contributed by atoms with van der Waals surface area (Å²) in [6, 6.07) is 10.3. The zero-order valence-corrected chi connectivity index (χ0v) is 13.5. The van der Waals surface area contributed by atoms with Crippen molar-refractivity contribution < 1.29 is 4.79 Å². The third-order valence-corrected chi connectivity index (χ3v) is 4.89. The molecule has 0 saturated heterocycles. The number of rotatable bonds is 6. The lowest BCUT2D eigenvalue weighted by Crippen LogP contribution is -2.37. The molecule has 5 heteroatoms. The average molecular weight is 353 g/mol. The molecule has 0 spiro atoms. The van der Waals surface area contributed by atoms with Gasteiger partial charge in [-0.1, -0.05) is 34.5 Å². The smallest absolute Gasteiger partial charge is 0.230 e. The van der Waals surface area contributed by atoms with Crippen molar-refractivity contribution in [1.29, 1.82) is 5.26 Å². The number of benzene rings is 1. The Morgan fingerprint density at radius 3 is 2.70 bits per heavy atom. The molecule has 1 aromatic rings. The second kappa shape index (κ2) is 7.70. The number of carbonyl (C=O) groups excluding carboxylic acids is 1. The summed E-state index contributed by atoms with van der Waals surface area (Å²) in [5, 5.41) is 11.6. The summed E-state index contributed by atoms with van der Waals surface area (Å²) in [7, 11) is 0. The number of nitrogens with one attached hydrogen (secondary N) is 1. The van der Waals surface area contributed by atoms with Crippen molar-refractivity contribution in [2.45, 2.75) is 25.3 Å². The molecule has 1 aliphatic carbocycles. The molecule has 3 nitrogen and oxygen atoms in total. The molecule has 0 aromatic heterocycles. The van der Waals surface area contributed by atoms with Gasteiger partial charge in [0.05, 0.1) is 23.6 Å². The van der Waals surface area contributed by atoms with Gasteiger partial charge < -0.3 is 5.32 Å². The van der Waals surface area contributed by atoms with Crippen LogP contribution >= 0.6 is 27.7 Å². The molecular weight excluding hydrogens is 336 g/mol. The zero-order valence-electron chi connectivity index (χ0n) is 11.1. The molecule has 2 rings (SSSR count). The maximum atomic E-state index is 12.0. The monoisotopic (exact) mass is 352 g/mol. The maximum absolute atomic E-state index is 12.0. The first-order valence-corrected chi connectivity index (χ1v) is 8.65. The third-order valence-electron chi connectivity index (χ3n) is 3.57.